The number of rotatable bonds is 13. The summed E-state index contributed by atoms with van der Waals surface area (Å²) < 4.78 is 0. The number of para-hydroxylation sites is 1. The fourth-order valence-corrected chi connectivity index (χ4v) is 3.84. The second-order valence-corrected chi connectivity index (χ2v) is 9.22. The molecule has 0 aliphatic heterocycles. The van der Waals surface area contributed by atoms with Crippen molar-refractivity contribution in [2.75, 3.05) is 5.75 Å². The average molecular weight is 522 g/mol. The molecule has 2 rings (SSSR count). The number of aliphatic hydroxyl groups excluding tert-OH is 1. The van der Waals surface area contributed by atoms with Crippen LogP contribution in [0.1, 0.15) is 32.8 Å². The van der Waals surface area contributed by atoms with Gasteiger partial charge in [0.15, 0.2) is 0 Å². The van der Waals surface area contributed by atoms with Gasteiger partial charge in [0, 0.05) is 29.3 Å². The highest BCUT2D eigenvalue weighted by Crippen LogP contribution is 2.19. The van der Waals surface area contributed by atoms with Crippen molar-refractivity contribution in [2.45, 2.75) is 63.9 Å². The normalized spacial score (nSPS) is 16.3. The Morgan fingerprint density at radius 2 is 1.64 bits per heavy atom. The Kier molecular flexibility index (Phi) is 10.8. The van der Waals surface area contributed by atoms with E-state index < -0.39 is 54.0 Å². The van der Waals surface area contributed by atoms with Crippen LogP contribution in [0, 0.1) is 5.92 Å². The maximum atomic E-state index is 13.2. The second-order valence-electron chi connectivity index (χ2n) is 8.85. The number of aromatic amines is 1. The molecule has 11 nitrogen and oxygen atoms in total. The minimum absolute atomic E-state index is 0.0280. The molecule has 0 saturated heterocycles. The molecule has 0 radical (unpaired) electrons. The summed E-state index contributed by atoms with van der Waals surface area (Å²) in [6, 6.07) is 2.69. The van der Waals surface area contributed by atoms with Gasteiger partial charge in [0.2, 0.25) is 17.7 Å². The number of aromatic nitrogens is 1. The van der Waals surface area contributed by atoms with E-state index in [4.69, 9.17) is 5.73 Å². The lowest BCUT2D eigenvalue weighted by atomic mass is 9.96. The van der Waals surface area contributed by atoms with Crippen LogP contribution in [-0.2, 0) is 25.6 Å². The predicted octanol–water partition coefficient (Wildman–Crippen LogP) is -0.0666. The first-order chi connectivity index (χ1) is 17.0. The Morgan fingerprint density at radius 3 is 2.22 bits per heavy atom. The Bertz CT molecular complexity index is 1070. The lowest BCUT2D eigenvalue weighted by Gasteiger charge is -2.29. The molecule has 1 aromatic heterocycles. The van der Waals surface area contributed by atoms with Crippen LogP contribution in [0.5, 0.6) is 0 Å². The topological polar surface area (TPSA) is 187 Å². The van der Waals surface area contributed by atoms with Gasteiger partial charge in [-0.15, -0.1) is 0 Å². The third kappa shape index (κ3) is 7.45. The van der Waals surface area contributed by atoms with Crippen molar-refractivity contribution in [3.63, 3.8) is 0 Å². The molecule has 3 amide bonds. The minimum Gasteiger partial charge on any atom is -0.480 e. The predicted molar refractivity (Wildman–Crippen MR) is 138 cm³/mol. The summed E-state index contributed by atoms with van der Waals surface area (Å²) in [4.78, 5) is 53.3. The second kappa shape index (κ2) is 13.3. The minimum atomic E-state index is -1.37. The van der Waals surface area contributed by atoms with E-state index in [2.05, 4.69) is 33.6 Å². The number of fused-ring (bicyclic) bond motifs is 1. The Labute approximate surface area is 215 Å². The van der Waals surface area contributed by atoms with Gasteiger partial charge in [0.25, 0.3) is 0 Å². The number of nitrogens with one attached hydrogen (secondary N) is 4. The van der Waals surface area contributed by atoms with Crippen LogP contribution in [0.15, 0.2) is 30.5 Å². The number of aliphatic carboxylic acids is 1. The van der Waals surface area contributed by atoms with Crippen LogP contribution in [0.4, 0.5) is 0 Å². The molecule has 0 aliphatic carbocycles. The van der Waals surface area contributed by atoms with Crippen molar-refractivity contribution in [2.24, 2.45) is 11.7 Å². The molecule has 6 atom stereocenters. The Hall–Kier alpha value is -3.09. The SMILES string of the molecule is CCC(C)C(NC(=O)C(NC(=O)C(N)CS)C(C)O)C(=O)NC(Cc1c[nH]c2ccccc12)C(=O)O. The van der Waals surface area contributed by atoms with Crippen molar-refractivity contribution >= 4 is 47.2 Å². The maximum absolute atomic E-state index is 13.2. The van der Waals surface area contributed by atoms with E-state index in [0.717, 1.165) is 16.5 Å². The highest BCUT2D eigenvalue weighted by molar-refractivity contribution is 7.80. The molecular weight excluding hydrogens is 486 g/mol. The largest absolute Gasteiger partial charge is 0.480 e. The zero-order valence-corrected chi connectivity index (χ0v) is 21.4. The third-order valence-corrected chi connectivity index (χ3v) is 6.50. The molecule has 1 heterocycles. The van der Waals surface area contributed by atoms with Gasteiger partial charge in [-0.05, 0) is 24.5 Å². The summed E-state index contributed by atoms with van der Waals surface area (Å²) in [6.45, 7) is 4.86. The number of amides is 3. The van der Waals surface area contributed by atoms with Gasteiger partial charge >= 0.3 is 5.97 Å². The Morgan fingerprint density at radius 1 is 1.03 bits per heavy atom. The molecule has 0 bridgehead atoms. The fourth-order valence-electron chi connectivity index (χ4n) is 3.68. The fraction of sp³-hybridized carbons (Fsp3) is 0.500. The molecule has 2 aromatic rings. The number of aliphatic hydroxyl groups is 1. The highest BCUT2D eigenvalue weighted by atomic mass is 32.1. The molecule has 198 valence electrons. The number of thiol groups is 1. The molecule has 1 aromatic carbocycles. The van der Waals surface area contributed by atoms with E-state index in [1.54, 1.807) is 13.1 Å². The summed E-state index contributed by atoms with van der Waals surface area (Å²) in [7, 11) is 0. The van der Waals surface area contributed by atoms with Gasteiger partial charge in [-0.2, -0.15) is 12.6 Å². The number of H-pyrrole nitrogens is 1. The van der Waals surface area contributed by atoms with Gasteiger partial charge < -0.3 is 36.9 Å². The number of benzene rings is 1. The first-order valence-corrected chi connectivity index (χ1v) is 12.4. The number of carbonyl (C=O) groups is 4. The van der Waals surface area contributed by atoms with Gasteiger partial charge in [0.05, 0.1) is 12.1 Å². The van der Waals surface area contributed by atoms with E-state index in [0.29, 0.717) is 6.42 Å². The summed E-state index contributed by atoms with van der Waals surface area (Å²) >= 11 is 3.95. The smallest absolute Gasteiger partial charge is 0.326 e. The van der Waals surface area contributed by atoms with Gasteiger partial charge in [-0.3, -0.25) is 14.4 Å². The van der Waals surface area contributed by atoms with Crippen LogP contribution in [0.2, 0.25) is 0 Å². The summed E-state index contributed by atoms with van der Waals surface area (Å²) in [5, 5.41) is 28.1. The number of hydrogen-bond acceptors (Lipinski definition) is 7. The zero-order valence-electron chi connectivity index (χ0n) is 20.5. The lowest BCUT2D eigenvalue weighted by molar-refractivity contribution is -0.142. The Balaban J connectivity index is 2.19. The van der Waals surface area contributed by atoms with E-state index in [1.165, 1.54) is 6.92 Å². The molecular formula is C24H35N5O6S. The molecule has 0 saturated carbocycles. The van der Waals surface area contributed by atoms with Crippen molar-refractivity contribution in [1.82, 2.24) is 20.9 Å². The number of nitrogens with two attached hydrogens (primary N) is 1. The van der Waals surface area contributed by atoms with Gasteiger partial charge in [-0.25, -0.2) is 4.79 Å². The summed E-state index contributed by atoms with van der Waals surface area (Å²) in [6.07, 6.45) is 0.941. The monoisotopic (exact) mass is 521 g/mol. The lowest BCUT2D eigenvalue weighted by Crippen LogP contribution is -2.61. The quantitative estimate of drug-likeness (QED) is 0.169. The molecule has 0 spiro atoms. The molecule has 6 unspecified atom stereocenters. The van der Waals surface area contributed by atoms with E-state index in [1.807, 2.05) is 31.2 Å². The van der Waals surface area contributed by atoms with Crippen LogP contribution < -0.4 is 21.7 Å². The van der Waals surface area contributed by atoms with Crippen molar-refractivity contribution in [3.8, 4) is 0 Å². The highest BCUT2D eigenvalue weighted by Gasteiger charge is 2.34. The number of hydrogen-bond donors (Lipinski definition) is 8. The van der Waals surface area contributed by atoms with Crippen molar-refractivity contribution in [3.05, 3.63) is 36.0 Å². The maximum Gasteiger partial charge on any atom is 0.326 e. The van der Waals surface area contributed by atoms with Crippen molar-refractivity contribution in [1.29, 1.82) is 0 Å². The van der Waals surface area contributed by atoms with E-state index in [-0.39, 0.29) is 18.1 Å². The molecule has 36 heavy (non-hydrogen) atoms. The van der Waals surface area contributed by atoms with E-state index >= 15 is 0 Å². The van der Waals surface area contributed by atoms with Gasteiger partial charge in [0.1, 0.15) is 18.1 Å². The number of carbonyl (C=O) groups excluding carboxylic acids is 3. The third-order valence-electron chi connectivity index (χ3n) is 6.10. The van der Waals surface area contributed by atoms with Crippen LogP contribution in [-0.4, -0.2) is 74.9 Å². The number of carboxylic acids is 1. The molecule has 0 aliphatic rings. The first kappa shape index (κ1) is 29.1. The standard InChI is InChI=1S/C24H35N5O6S/c1-4-12(2)19(28-23(33)20(13(3)30)29-21(31)16(25)11-36)22(32)27-18(24(34)35)9-14-10-26-17-8-6-5-7-15(14)17/h5-8,10,12-13,16,18-20,26,30,36H,4,9,11,25H2,1-3H3,(H,27,32)(H,28,33)(H,29,31)(H,34,35). The number of carboxylic acid groups (broad SMARTS) is 1. The summed E-state index contributed by atoms with van der Waals surface area (Å²) in [5.41, 5.74) is 7.20. The van der Waals surface area contributed by atoms with E-state index in [9.17, 15) is 29.4 Å². The van der Waals surface area contributed by atoms with Crippen LogP contribution >= 0.6 is 12.6 Å². The van der Waals surface area contributed by atoms with Crippen molar-refractivity contribution < 1.29 is 29.4 Å². The summed E-state index contributed by atoms with van der Waals surface area (Å²) in [5.74, 6) is -3.73. The van der Waals surface area contributed by atoms with Crippen LogP contribution in [0.25, 0.3) is 10.9 Å². The first-order valence-electron chi connectivity index (χ1n) is 11.7. The average Bonchev–Trinajstić information content (AvgIpc) is 3.26. The zero-order chi connectivity index (χ0) is 27.0. The molecule has 12 heteroatoms. The van der Waals surface area contributed by atoms with Crippen LogP contribution in [0.3, 0.4) is 0 Å². The molecule has 0 fully saturated rings. The molecule has 8 N–H and O–H groups in total. The van der Waals surface area contributed by atoms with Gasteiger partial charge in [-0.1, -0.05) is 38.5 Å².